The molecule has 0 heterocycles. The molecule has 0 aliphatic carbocycles. The Morgan fingerprint density at radius 2 is 2.22 bits per heavy atom. The lowest BCUT2D eigenvalue weighted by Crippen LogP contribution is -2.25. The molecule has 0 fully saturated rings. The van der Waals surface area contributed by atoms with Gasteiger partial charge in [0.2, 0.25) is 0 Å². The minimum absolute atomic E-state index is 0.108. The molecule has 100 valence electrons. The second-order valence-corrected chi connectivity index (χ2v) is 5.88. The molecule has 0 bridgehead atoms. The van der Waals surface area contributed by atoms with Gasteiger partial charge in [-0.3, -0.25) is 4.79 Å². The molecule has 1 unspecified atom stereocenters. The van der Waals surface area contributed by atoms with Crippen LogP contribution in [0.2, 0.25) is 5.02 Å². The highest BCUT2D eigenvalue weighted by Crippen LogP contribution is 2.21. The fourth-order valence-electron chi connectivity index (χ4n) is 1.50. The summed E-state index contributed by atoms with van der Waals surface area (Å²) in [5.41, 5.74) is 0.563. The Kier molecular flexibility index (Phi) is 7.05. The lowest BCUT2D eigenvalue weighted by Gasteiger charge is -2.09. The van der Waals surface area contributed by atoms with Crippen LogP contribution >= 0.6 is 39.1 Å². The fourth-order valence-corrected chi connectivity index (χ4v) is 2.25. The van der Waals surface area contributed by atoms with Gasteiger partial charge in [-0.15, -0.1) is 11.6 Å². The summed E-state index contributed by atoms with van der Waals surface area (Å²) in [7, 11) is 0. The highest BCUT2D eigenvalue weighted by Gasteiger charge is 2.10. The monoisotopic (exact) mass is 351 g/mol. The van der Waals surface area contributed by atoms with Crippen LogP contribution in [-0.4, -0.2) is 18.3 Å². The third-order valence-electron chi connectivity index (χ3n) is 2.60. The smallest absolute Gasteiger partial charge is 0.252 e. The van der Waals surface area contributed by atoms with Gasteiger partial charge in [0.15, 0.2) is 0 Å². The Hall–Kier alpha value is -0.250. The zero-order chi connectivity index (χ0) is 13.5. The van der Waals surface area contributed by atoms with Gasteiger partial charge in [-0.25, -0.2) is 0 Å². The van der Waals surface area contributed by atoms with E-state index in [0.29, 0.717) is 28.9 Å². The summed E-state index contributed by atoms with van der Waals surface area (Å²) in [6, 6.07) is 5.17. The SMILES string of the molecule is CC(CCl)CCCNC(=O)c1cc(Cl)ccc1Br. The van der Waals surface area contributed by atoms with Crippen molar-refractivity contribution < 1.29 is 4.79 Å². The molecule has 0 saturated heterocycles. The number of hydrogen-bond acceptors (Lipinski definition) is 1. The van der Waals surface area contributed by atoms with Crippen LogP contribution < -0.4 is 5.32 Å². The van der Waals surface area contributed by atoms with E-state index < -0.39 is 0 Å². The molecule has 1 atom stereocenters. The van der Waals surface area contributed by atoms with Crippen LogP contribution in [-0.2, 0) is 0 Å². The maximum absolute atomic E-state index is 11.9. The maximum atomic E-state index is 11.9. The minimum atomic E-state index is -0.108. The molecule has 1 amide bonds. The van der Waals surface area contributed by atoms with Gasteiger partial charge >= 0.3 is 0 Å². The number of halogens is 3. The summed E-state index contributed by atoms with van der Waals surface area (Å²) in [6.07, 6.45) is 1.94. The van der Waals surface area contributed by atoms with Crippen LogP contribution in [0.3, 0.4) is 0 Å². The Balaban J connectivity index is 2.43. The lowest BCUT2D eigenvalue weighted by molar-refractivity contribution is 0.0952. The third kappa shape index (κ3) is 5.17. The van der Waals surface area contributed by atoms with Crippen molar-refractivity contribution in [2.45, 2.75) is 19.8 Å². The first-order valence-corrected chi connectivity index (χ1v) is 7.54. The van der Waals surface area contributed by atoms with Gasteiger partial charge in [0, 0.05) is 21.9 Å². The summed E-state index contributed by atoms with van der Waals surface area (Å²) < 4.78 is 0.749. The van der Waals surface area contributed by atoms with Crippen molar-refractivity contribution in [3.05, 3.63) is 33.3 Å². The Labute approximate surface area is 126 Å². The van der Waals surface area contributed by atoms with E-state index in [1.807, 2.05) is 0 Å². The molecule has 0 aliphatic heterocycles. The van der Waals surface area contributed by atoms with E-state index in [1.165, 1.54) is 0 Å². The summed E-state index contributed by atoms with van der Waals surface area (Å²) in [6.45, 7) is 2.75. The first-order valence-electron chi connectivity index (χ1n) is 5.83. The van der Waals surface area contributed by atoms with Crippen molar-refractivity contribution in [1.82, 2.24) is 5.32 Å². The predicted molar refractivity (Wildman–Crippen MR) is 80.6 cm³/mol. The van der Waals surface area contributed by atoms with Crippen molar-refractivity contribution in [1.29, 1.82) is 0 Å². The van der Waals surface area contributed by atoms with Crippen LogP contribution in [0.15, 0.2) is 22.7 Å². The topological polar surface area (TPSA) is 29.1 Å². The number of hydrogen-bond donors (Lipinski definition) is 1. The molecule has 0 radical (unpaired) electrons. The summed E-state index contributed by atoms with van der Waals surface area (Å²) >= 11 is 14.9. The zero-order valence-corrected chi connectivity index (χ0v) is 13.3. The van der Waals surface area contributed by atoms with Gasteiger partial charge in [-0.05, 0) is 52.9 Å². The summed E-state index contributed by atoms with van der Waals surface area (Å²) in [4.78, 5) is 11.9. The molecule has 0 spiro atoms. The van der Waals surface area contributed by atoms with E-state index in [2.05, 4.69) is 28.2 Å². The second kappa shape index (κ2) is 8.03. The van der Waals surface area contributed by atoms with Crippen molar-refractivity contribution >= 4 is 45.0 Å². The largest absolute Gasteiger partial charge is 0.352 e. The lowest BCUT2D eigenvalue weighted by atomic mass is 10.1. The average Bonchev–Trinajstić information content (AvgIpc) is 2.36. The molecule has 1 aromatic rings. The van der Waals surface area contributed by atoms with E-state index in [1.54, 1.807) is 18.2 Å². The summed E-state index contributed by atoms with van der Waals surface area (Å²) in [5, 5.41) is 3.43. The van der Waals surface area contributed by atoms with Crippen molar-refractivity contribution in [2.75, 3.05) is 12.4 Å². The van der Waals surface area contributed by atoms with Crippen LogP contribution in [0.25, 0.3) is 0 Å². The van der Waals surface area contributed by atoms with Gasteiger partial charge in [-0.2, -0.15) is 0 Å². The molecule has 0 saturated carbocycles. The molecule has 2 nitrogen and oxygen atoms in total. The minimum Gasteiger partial charge on any atom is -0.352 e. The van der Waals surface area contributed by atoms with Gasteiger partial charge in [0.25, 0.3) is 5.91 Å². The third-order valence-corrected chi connectivity index (χ3v) is 4.05. The number of amides is 1. The molecule has 5 heteroatoms. The van der Waals surface area contributed by atoms with Crippen molar-refractivity contribution in [3.63, 3.8) is 0 Å². The van der Waals surface area contributed by atoms with Crippen molar-refractivity contribution in [3.8, 4) is 0 Å². The number of carbonyl (C=O) groups excluding carboxylic acids is 1. The van der Waals surface area contributed by atoms with Crippen LogP contribution in [0, 0.1) is 5.92 Å². The quantitative estimate of drug-likeness (QED) is 0.593. The predicted octanol–water partition coefficient (Wildman–Crippen LogP) is 4.49. The van der Waals surface area contributed by atoms with Crippen LogP contribution in [0.4, 0.5) is 0 Å². The number of benzene rings is 1. The maximum Gasteiger partial charge on any atom is 0.252 e. The first kappa shape index (κ1) is 15.8. The second-order valence-electron chi connectivity index (χ2n) is 4.28. The zero-order valence-electron chi connectivity index (χ0n) is 10.2. The Morgan fingerprint density at radius 1 is 1.50 bits per heavy atom. The summed E-state index contributed by atoms with van der Waals surface area (Å²) in [5.74, 6) is 1.04. The fraction of sp³-hybridized carbons (Fsp3) is 0.462. The van der Waals surface area contributed by atoms with Gasteiger partial charge in [-0.1, -0.05) is 18.5 Å². The highest BCUT2D eigenvalue weighted by atomic mass is 79.9. The number of nitrogens with one attached hydrogen (secondary N) is 1. The molecular formula is C13H16BrCl2NO. The highest BCUT2D eigenvalue weighted by molar-refractivity contribution is 9.10. The molecule has 0 aromatic heterocycles. The Bertz CT molecular complexity index is 412. The van der Waals surface area contributed by atoms with Gasteiger partial charge in [0.1, 0.15) is 0 Å². The van der Waals surface area contributed by atoms with Crippen LogP contribution in [0.1, 0.15) is 30.1 Å². The average molecular weight is 353 g/mol. The molecule has 18 heavy (non-hydrogen) atoms. The molecule has 1 N–H and O–H groups in total. The molecule has 1 rings (SSSR count). The van der Waals surface area contributed by atoms with E-state index >= 15 is 0 Å². The standard InChI is InChI=1S/C13H16BrCl2NO/c1-9(8-15)3-2-6-17-13(18)11-7-10(16)4-5-12(11)14/h4-5,7,9H,2-3,6,8H2,1H3,(H,17,18). The van der Waals surface area contributed by atoms with E-state index in [0.717, 1.165) is 17.3 Å². The molecule has 1 aromatic carbocycles. The molecular weight excluding hydrogens is 337 g/mol. The van der Waals surface area contributed by atoms with Crippen molar-refractivity contribution in [2.24, 2.45) is 5.92 Å². The first-order chi connectivity index (χ1) is 8.54. The van der Waals surface area contributed by atoms with Crippen LogP contribution in [0.5, 0.6) is 0 Å². The number of alkyl halides is 1. The van der Waals surface area contributed by atoms with Gasteiger partial charge < -0.3 is 5.32 Å². The number of rotatable bonds is 6. The molecule has 0 aliphatic rings. The number of carbonyl (C=O) groups is 1. The van der Waals surface area contributed by atoms with E-state index in [-0.39, 0.29) is 5.91 Å². The van der Waals surface area contributed by atoms with E-state index in [4.69, 9.17) is 23.2 Å². The normalized spacial score (nSPS) is 12.2. The Morgan fingerprint density at radius 3 is 2.89 bits per heavy atom. The van der Waals surface area contributed by atoms with E-state index in [9.17, 15) is 4.79 Å². The van der Waals surface area contributed by atoms with Gasteiger partial charge in [0.05, 0.1) is 5.56 Å².